The Morgan fingerprint density at radius 2 is 1.21 bits per heavy atom. The number of hydrogen-bond donors (Lipinski definition) is 0. The van der Waals surface area contributed by atoms with Crippen molar-refractivity contribution >= 4 is 5.97 Å². The third-order valence-corrected chi connectivity index (χ3v) is 1.73. The maximum Gasteiger partial charge on any atom is 0.399 e. The van der Waals surface area contributed by atoms with E-state index in [-0.39, 0.29) is 0 Å². The van der Waals surface area contributed by atoms with E-state index in [2.05, 4.69) is 4.74 Å². The maximum absolute atomic E-state index is 12.9. The van der Waals surface area contributed by atoms with Crippen LogP contribution < -0.4 is 4.74 Å². The van der Waals surface area contributed by atoms with Gasteiger partial charge in [-0.2, -0.15) is 22.0 Å². The Morgan fingerprint density at radius 3 is 1.58 bits per heavy atom. The van der Waals surface area contributed by atoms with E-state index < -0.39 is 53.4 Å². The number of carbonyl (C=O) groups is 1. The summed E-state index contributed by atoms with van der Waals surface area (Å²) in [5.41, 5.74) is 0. The van der Waals surface area contributed by atoms with Crippen molar-refractivity contribution in [3.05, 3.63) is 29.1 Å². The van der Waals surface area contributed by atoms with Crippen LogP contribution >= 0.6 is 0 Å². The lowest BCUT2D eigenvalue weighted by atomic mass is 10.2. The first-order valence-electron chi connectivity index (χ1n) is 4.33. The molecule has 0 radical (unpaired) electrons. The smallest absolute Gasteiger partial charge is 0.399 e. The molecule has 1 aromatic carbocycles. The molecule has 0 aliphatic heterocycles. The highest BCUT2D eigenvalue weighted by Crippen LogP contribution is 2.30. The van der Waals surface area contributed by atoms with Crippen LogP contribution in [0.25, 0.3) is 0 Å². The third kappa shape index (κ3) is 3.32. The van der Waals surface area contributed by atoms with Crippen molar-refractivity contribution in [2.24, 2.45) is 0 Å². The van der Waals surface area contributed by atoms with Crippen molar-refractivity contribution in [2.75, 3.05) is 0 Å². The summed E-state index contributed by atoms with van der Waals surface area (Å²) < 4.78 is 102. The van der Waals surface area contributed by atoms with Crippen molar-refractivity contribution < 1.29 is 44.7 Å². The van der Waals surface area contributed by atoms with Crippen LogP contribution in [0.4, 0.5) is 35.1 Å². The highest BCUT2D eigenvalue weighted by molar-refractivity contribution is 5.73. The molecular formula is C9H2F8O2. The summed E-state index contributed by atoms with van der Waals surface area (Å²) in [6.45, 7) is 0. The summed E-state index contributed by atoms with van der Waals surface area (Å²) in [6, 6.07) is 0. The van der Waals surface area contributed by atoms with Crippen LogP contribution in [-0.2, 0) is 4.79 Å². The zero-order valence-electron chi connectivity index (χ0n) is 8.55. The predicted octanol–water partition coefficient (Wildman–Crippen LogP) is 3.24. The molecule has 1 aromatic rings. The monoisotopic (exact) mass is 294 g/mol. The number of halogens is 8. The van der Waals surface area contributed by atoms with E-state index in [0.717, 1.165) is 0 Å². The molecule has 0 unspecified atom stereocenters. The minimum Gasteiger partial charge on any atom is -0.420 e. The van der Waals surface area contributed by atoms with Gasteiger partial charge in [0, 0.05) is 0 Å². The number of hydrogen-bond acceptors (Lipinski definition) is 2. The van der Waals surface area contributed by atoms with Crippen molar-refractivity contribution in [3.8, 4) is 5.75 Å². The molecule has 0 spiro atoms. The zero-order valence-corrected chi connectivity index (χ0v) is 8.55. The predicted molar refractivity (Wildman–Crippen MR) is 42.5 cm³/mol. The third-order valence-electron chi connectivity index (χ3n) is 1.73. The quantitative estimate of drug-likeness (QED) is 0.275. The SMILES string of the molecule is O=C(CC(F)(F)F)Oc1c(F)c(F)c(F)c(F)c1F. The standard InChI is InChI=1S/C9H2F8O2/c10-3-4(11)6(13)8(7(14)5(3)12)19-2(18)1-9(15,16)17/h1H2. The highest BCUT2D eigenvalue weighted by Gasteiger charge is 2.35. The second-order valence-corrected chi connectivity index (χ2v) is 3.17. The van der Waals surface area contributed by atoms with Crippen LogP contribution in [0.3, 0.4) is 0 Å². The molecule has 0 saturated carbocycles. The molecule has 1 rings (SSSR count). The topological polar surface area (TPSA) is 26.3 Å². The maximum atomic E-state index is 12.9. The number of alkyl halides is 3. The van der Waals surface area contributed by atoms with E-state index in [4.69, 9.17) is 0 Å². The molecular weight excluding hydrogens is 292 g/mol. The van der Waals surface area contributed by atoms with Gasteiger partial charge in [0.05, 0.1) is 0 Å². The lowest BCUT2D eigenvalue weighted by Gasteiger charge is -2.09. The Morgan fingerprint density at radius 1 is 0.842 bits per heavy atom. The average Bonchev–Trinajstić information content (AvgIpc) is 2.27. The number of esters is 1. The van der Waals surface area contributed by atoms with Crippen molar-refractivity contribution in [1.82, 2.24) is 0 Å². The molecule has 0 atom stereocenters. The van der Waals surface area contributed by atoms with Crippen LogP contribution in [0.2, 0.25) is 0 Å². The molecule has 0 saturated heterocycles. The zero-order chi connectivity index (χ0) is 15.0. The fourth-order valence-electron chi connectivity index (χ4n) is 0.988. The Bertz CT molecular complexity index is 493. The number of carbonyl (C=O) groups excluding carboxylic acids is 1. The van der Waals surface area contributed by atoms with Gasteiger partial charge in [-0.05, 0) is 0 Å². The fourth-order valence-corrected chi connectivity index (χ4v) is 0.988. The Labute approximate surface area is 99.1 Å². The second kappa shape index (κ2) is 5.02. The summed E-state index contributed by atoms with van der Waals surface area (Å²) in [4.78, 5) is 10.6. The molecule has 10 heteroatoms. The van der Waals surface area contributed by atoms with E-state index in [0.29, 0.717) is 0 Å². The molecule has 0 aliphatic carbocycles. The van der Waals surface area contributed by atoms with Gasteiger partial charge >= 0.3 is 12.1 Å². The van der Waals surface area contributed by atoms with Crippen LogP contribution in [-0.4, -0.2) is 12.1 Å². The molecule has 2 nitrogen and oxygen atoms in total. The summed E-state index contributed by atoms with van der Waals surface area (Å²) in [5.74, 6) is -16.8. The van der Waals surface area contributed by atoms with Gasteiger partial charge in [-0.25, -0.2) is 13.2 Å². The Kier molecular flexibility index (Phi) is 4.01. The first-order valence-corrected chi connectivity index (χ1v) is 4.33. The number of benzene rings is 1. The minimum atomic E-state index is -5.05. The first-order chi connectivity index (χ1) is 8.54. The highest BCUT2D eigenvalue weighted by atomic mass is 19.4. The summed E-state index contributed by atoms with van der Waals surface area (Å²) in [6.07, 6.45) is -7.30. The van der Waals surface area contributed by atoms with Crippen LogP contribution in [0.1, 0.15) is 6.42 Å². The first kappa shape index (κ1) is 15.2. The Hall–Kier alpha value is -1.87. The van der Waals surface area contributed by atoms with E-state index in [9.17, 15) is 39.9 Å². The van der Waals surface area contributed by atoms with Crippen LogP contribution in [0, 0.1) is 29.1 Å². The molecule has 0 bridgehead atoms. The largest absolute Gasteiger partial charge is 0.420 e. The van der Waals surface area contributed by atoms with Gasteiger partial charge in [0.1, 0.15) is 6.42 Å². The molecule has 0 aliphatic rings. The molecule has 0 aromatic heterocycles. The molecule has 0 N–H and O–H groups in total. The summed E-state index contributed by atoms with van der Waals surface area (Å²) >= 11 is 0. The molecule has 19 heavy (non-hydrogen) atoms. The Balaban J connectivity index is 3.13. The summed E-state index contributed by atoms with van der Waals surface area (Å²) in [5, 5.41) is 0. The van der Waals surface area contributed by atoms with E-state index >= 15 is 0 Å². The second-order valence-electron chi connectivity index (χ2n) is 3.17. The average molecular weight is 294 g/mol. The van der Waals surface area contributed by atoms with Crippen molar-refractivity contribution in [2.45, 2.75) is 12.6 Å². The lowest BCUT2D eigenvalue weighted by Crippen LogP contribution is -2.21. The van der Waals surface area contributed by atoms with Gasteiger partial charge in [0.25, 0.3) is 0 Å². The van der Waals surface area contributed by atoms with Crippen molar-refractivity contribution in [3.63, 3.8) is 0 Å². The normalized spacial score (nSPS) is 11.6. The summed E-state index contributed by atoms with van der Waals surface area (Å²) in [7, 11) is 0. The van der Waals surface area contributed by atoms with Gasteiger partial charge in [0.15, 0.2) is 0 Å². The van der Waals surface area contributed by atoms with Crippen LogP contribution in [0.15, 0.2) is 0 Å². The van der Waals surface area contributed by atoms with Crippen LogP contribution in [0.5, 0.6) is 5.75 Å². The number of rotatable bonds is 2. The molecule has 0 fully saturated rings. The van der Waals surface area contributed by atoms with E-state index in [1.807, 2.05) is 0 Å². The molecule has 0 heterocycles. The van der Waals surface area contributed by atoms with Gasteiger partial charge < -0.3 is 4.74 Å². The number of ether oxygens (including phenoxy) is 1. The molecule has 106 valence electrons. The van der Waals surface area contributed by atoms with Crippen molar-refractivity contribution in [1.29, 1.82) is 0 Å². The van der Waals surface area contributed by atoms with Gasteiger partial charge in [-0.1, -0.05) is 0 Å². The van der Waals surface area contributed by atoms with E-state index in [1.165, 1.54) is 0 Å². The van der Waals surface area contributed by atoms with E-state index in [1.54, 1.807) is 0 Å². The minimum absolute atomic E-state index is 2.08. The lowest BCUT2D eigenvalue weighted by molar-refractivity contribution is -0.164. The van der Waals surface area contributed by atoms with Gasteiger partial charge in [0.2, 0.25) is 34.8 Å². The fraction of sp³-hybridized carbons (Fsp3) is 0.222. The van der Waals surface area contributed by atoms with Gasteiger partial charge in [-0.15, -0.1) is 0 Å². The van der Waals surface area contributed by atoms with Gasteiger partial charge in [-0.3, -0.25) is 4.79 Å². The molecule has 0 amide bonds.